The van der Waals surface area contributed by atoms with Crippen LogP contribution in [0.4, 0.5) is 5.82 Å². The maximum Gasteiger partial charge on any atom is 0.209 e. The first-order valence-corrected chi connectivity index (χ1v) is 6.28. The summed E-state index contributed by atoms with van der Waals surface area (Å²) >= 11 is 9.22. The molecule has 0 aromatic carbocycles. The Labute approximate surface area is 115 Å². The molecule has 1 aliphatic rings. The Hall–Kier alpha value is -1.25. The summed E-state index contributed by atoms with van der Waals surface area (Å²) in [5.74, 6) is 1.02. The summed E-state index contributed by atoms with van der Waals surface area (Å²) in [6, 6.07) is 1.76. The highest BCUT2D eigenvalue weighted by atomic mass is 79.9. The van der Waals surface area contributed by atoms with Crippen molar-refractivity contribution in [3.8, 4) is 0 Å². The number of halogens is 2. The Morgan fingerprint density at radius 1 is 1.50 bits per heavy atom. The molecule has 3 rings (SSSR count). The molecular weight excluding hydrogens is 323 g/mol. The number of aliphatic hydroxyl groups is 1. The second-order valence-electron chi connectivity index (χ2n) is 4.08. The maximum atomic E-state index is 10.3. The number of aromatic nitrogens is 5. The van der Waals surface area contributed by atoms with Crippen LogP contribution in [0.25, 0.3) is 0 Å². The van der Waals surface area contributed by atoms with E-state index in [0.29, 0.717) is 23.9 Å². The summed E-state index contributed by atoms with van der Waals surface area (Å²) in [6.07, 6.45) is 1.56. The van der Waals surface area contributed by atoms with Gasteiger partial charge in [0.05, 0.1) is 22.6 Å². The van der Waals surface area contributed by atoms with Crippen LogP contribution in [-0.2, 0) is 5.60 Å². The fourth-order valence-electron chi connectivity index (χ4n) is 1.88. The predicted octanol–water partition coefficient (Wildman–Crippen LogP) is 0.718. The van der Waals surface area contributed by atoms with Crippen molar-refractivity contribution in [2.75, 3.05) is 18.0 Å². The number of nitrogens with zero attached hydrogens (tertiary/aromatic N) is 5. The summed E-state index contributed by atoms with van der Waals surface area (Å²) in [5, 5.41) is 24.2. The van der Waals surface area contributed by atoms with Gasteiger partial charge in [0.15, 0.2) is 5.60 Å². The van der Waals surface area contributed by atoms with Crippen LogP contribution >= 0.6 is 27.5 Å². The second kappa shape index (κ2) is 4.15. The van der Waals surface area contributed by atoms with Crippen LogP contribution in [0.2, 0.25) is 5.02 Å². The molecule has 1 saturated heterocycles. The standard InChI is InChI=1S/C9H8BrClN6O/c10-6-1-5(11)2-12-7(6)17-3-9(18,4-17)8-13-15-16-14-8/h1-2,18H,3-4H2,(H,13,14,15,16). The van der Waals surface area contributed by atoms with Gasteiger partial charge in [-0.2, -0.15) is 5.21 Å². The number of hydrogen-bond donors (Lipinski definition) is 2. The van der Waals surface area contributed by atoms with E-state index in [2.05, 4.69) is 41.5 Å². The van der Waals surface area contributed by atoms with Crippen molar-refractivity contribution in [1.29, 1.82) is 0 Å². The lowest BCUT2D eigenvalue weighted by Gasteiger charge is -2.45. The molecule has 0 aliphatic carbocycles. The van der Waals surface area contributed by atoms with Crippen LogP contribution in [0.3, 0.4) is 0 Å². The van der Waals surface area contributed by atoms with Crippen molar-refractivity contribution in [3.63, 3.8) is 0 Å². The van der Waals surface area contributed by atoms with Gasteiger partial charge < -0.3 is 10.0 Å². The number of hydrogen-bond acceptors (Lipinski definition) is 6. The Morgan fingerprint density at radius 2 is 2.28 bits per heavy atom. The zero-order valence-electron chi connectivity index (χ0n) is 9.01. The third kappa shape index (κ3) is 1.86. The minimum Gasteiger partial charge on any atom is -0.378 e. The lowest BCUT2D eigenvalue weighted by atomic mass is 9.93. The average molecular weight is 332 g/mol. The van der Waals surface area contributed by atoms with Gasteiger partial charge in [-0.05, 0) is 22.0 Å². The molecule has 0 bridgehead atoms. The van der Waals surface area contributed by atoms with Crippen molar-refractivity contribution >= 4 is 33.3 Å². The van der Waals surface area contributed by atoms with E-state index >= 15 is 0 Å². The number of rotatable bonds is 2. The molecule has 0 spiro atoms. The average Bonchev–Trinajstić information content (AvgIpc) is 2.79. The summed E-state index contributed by atoms with van der Waals surface area (Å²) < 4.78 is 0.783. The third-order valence-corrected chi connectivity index (χ3v) is 3.54. The topological polar surface area (TPSA) is 90.8 Å². The highest BCUT2D eigenvalue weighted by molar-refractivity contribution is 9.10. The van der Waals surface area contributed by atoms with Crippen LogP contribution in [0.5, 0.6) is 0 Å². The molecule has 94 valence electrons. The molecule has 2 aromatic rings. The van der Waals surface area contributed by atoms with Crippen molar-refractivity contribution in [2.45, 2.75) is 5.60 Å². The SMILES string of the molecule is OC1(c2nn[nH]n2)CN(c2ncc(Cl)cc2Br)C1. The van der Waals surface area contributed by atoms with E-state index in [1.54, 1.807) is 12.3 Å². The highest BCUT2D eigenvalue weighted by Crippen LogP contribution is 2.36. The molecule has 1 aliphatic heterocycles. The van der Waals surface area contributed by atoms with Gasteiger partial charge in [-0.25, -0.2) is 4.98 Å². The fourth-order valence-corrected chi connectivity index (χ4v) is 2.76. The van der Waals surface area contributed by atoms with E-state index in [9.17, 15) is 5.11 Å². The van der Waals surface area contributed by atoms with Gasteiger partial charge in [0.1, 0.15) is 5.82 Å². The van der Waals surface area contributed by atoms with Crippen LogP contribution < -0.4 is 4.90 Å². The molecule has 0 radical (unpaired) electrons. The smallest absolute Gasteiger partial charge is 0.209 e. The first-order valence-electron chi connectivity index (χ1n) is 5.11. The molecule has 0 amide bonds. The first kappa shape index (κ1) is 11.8. The van der Waals surface area contributed by atoms with Gasteiger partial charge in [0, 0.05) is 6.20 Å². The molecule has 0 atom stereocenters. The Kier molecular flexibility index (Phi) is 2.72. The molecule has 9 heteroatoms. The van der Waals surface area contributed by atoms with E-state index in [-0.39, 0.29) is 0 Å². The zero-order valence-corrected chi connectivity index (χ0v) is 11.4. The molecule has 1 fully saturated rings. The Morgan fingerprint density at radius 3 is 2.89 bits per heavy atom. The number of aromatic amines is 1. The third-order valence-electron chi connectivity index (χ3n) is 2.75. The van der Waals surface area contributed by atoms with Crippen LogP contribution in [0, 0.1) is 0 Å². The van der Waals surface area contributed by atoms with Gasteiger partial charge in [-0.3, -0.25) is 0 Å². The number of anilines is 1. The molecule has 3 heterocycles. The maximum absolute atomic E-state index is 10.3. The molecular formula is C9H8BrClN6O. The molecule has 2 N–H and O–H groups in total. The lowest BCUT2D eigenvalue weighted by Crippen LogP contribution is -2.60. The van der Waals surface area contributed by atoms with Crippen LogP contribution in [0.15, 0.2) is 16.7 Å². The van der Waals surface area contributed by atoms with Crippen molar-refractivity contribution < 1.29 is 5.11 Å². The first-order chi connectivity index (χ1) is 8.58. The largest absolute Gasteiger partial charge is 0.378 e. The van der Waals surface area contributed by atoms with Gasteiger partial charge in [0.2, 0.25) is 5.82 Å². The summed E-state index contributed by atoms with van der Waals surface area (Å²) in [5.41, 5.74) is -1.08. The van der Waals surface area contributed by atoms with E-state index in [4.69, 9.17) is 11.6 Å². The van der Waals surface area contributed by atoms with Crippen molar-refractivity contribution in [2.24, 2.45) is 0 Å². The zero-order chi connectivity index (χ0) is 12.8. The Balaban J connectivity index is 1.79. The number of tetrazole rings is 1. The van der Waals surface area contributed by atoms with E-state index in [1.807, 2.05) is 4.90 Å². The van der Waals surface area contributed by atoms with Gasteiger partial charge in [-0.1, -0.05) is 16.8 Å². The molecule has 18 heavy (non-hydrogen) atoms. The molecule has 2 aromatic heterocycles. The Bertz CT molecular complexity index is 570. The quantitative estimate of drug-likeness (QED) is 0.842. The van der Waals surface area contributed by atoms with Crippen molar-refractivity contribution in [1.82, 2.24) is 25.6 Å². The molecule has 0 unspecified atom stereocenters. The fraction of sp³-hybridized carbons (Fsp3) is 0.333. The minimum atomic E-state index is -1.08. The van der Waals surface area contributed by atoms with Crippen molar-refractivity contribution in [3.05, 3.63) is 27.6 Å². The molecule has 0 saturated carbocycles. The van der Waals surface area contributed by atoms with Gasteiger partial charge in [0.25, 0.3) is 0 Å². The minimum absolute atomic E-state index is 0.295. The molecule has 7 nitrogen and oxygen atoms in total. The predicted molar refractivity (Wildman–Crippen MR) is 67.2 cm³/mol. The number of β-amino-alcohol motifs (C(OH)–C–C–N with tert-alkyl or cyclic N) is 1. The summed E-state index contributed by atoms with van der Waals surface area (Å²) in [6.45, 7) is 0.722. The summed E-state index contributed by atoms with van der Waals surface area (Å²) in [7, 11) is 0. The highest BCUT2D eigenvalue weighted by Gasteiger charge is 2.47. The monoisotopic (exact) mass is 330 g/mol. The van der Waals surface area contributed by atoms with Crippen LogP contribution in [-0.4, -0.2) is 43.8 Å². The van der Waals surface area contributed by atoms with E-state index in [1.165, 1.54) is 0 Å². The second-order valence-corrected chi connectivity index (χ2v) is 5.37. The van der Waals surface area contributed by atoms with E-state index < -0.39 is 5.60 Å². The van der Waals surface area contributed by atoms with Gasteiger partial charge >= 0.3 is 0 Å². The van der Waals surface area contributed by atoms with Gasteiger partial charge in [-0.15, -0.1) is 10.2 Å². The van der Waals surface area contributed by atoms with Crippen LogP contribution in [0.1, 0.15) is 5.82 Å². The number of nitrogens with one attached hydrogen (secondary N) is 1. The number of pyridine rings is 1. The summed E-state index contributed by atoms with van der Waals surface area (Å²) in [4.78, 5) is 6.12. The lowest BCUT2D eigenvalue weighted by molar-refractivity contribution is -0.00153. The normalized spacial score (nSPS) is 17.6. The number of H-pyrrole nitrogens is 1. The van der Waals surface area contributed by atoms with E-state index in [0.717, 1.165) is 10.3 Å².